The summed E-state index contributed by atoms with van der Waals surface area (Å²) in [5.41, 5.74) is 4.41. The molecule has 4 rings (SSSR count). The summed E-state index contributed by atoms with van der Waals surface area (Å²) in [7, 11) is 4.21. The molecule has 1 aliphatic rings. The summed E-state index contributed by atoms with van der Waals surface area (Å²) in [5.74, 6) is 0. The van der Waals surface area contributed by atoms with E-state index in [4.69, 9.17) is 12.2 Å². The van der Waals surface area contributed by atoms with E-state index in [1.807, 2.05) is 30.6 Å². The van der Waals surface area contributed by atoms with Gasteiger partial charge in [-0.3, -0.25) is 9.97 Å². The second-order valence-electron chi connectivity index (χ2n) is 7.92. The fourth-order valence-corrected chi connectivity index (χ4v) is 4.49. The molecule has 156 valence electrons. The van der Waals surface area contributed by atoms with E-state index in [-0.39, 0.29) is 12.1 Å². The Labute approximate surface area is 183 Å². The molecule has 1 aliphatic heterocycles. The highest BCUT2D eigenvalue weighted by atomic mass is 32.1. The van der Waals surface area contributed by atoms with Crippen LogP contribution in [0.15, 0.2) is 61.1 Å². The number of aromatic nitrogens is 3. The molecule has 0 bridgehead atoms. The molecule has 3 aromatic rings. The summed E-state index contributed by atoms with van der Waals surface area (Å²) in [6.45, 7) is 4.03. The zero-order chi connectivity index (χ0) is 21.1. The van der Waals surface area contributed by atoms with Gasteiger partial charge < -0.3 is 19.7 Å². The van der Waals surface area contributed by atoms with Crippen molar-refractivity contribution in [2.75, 3.05) is 27.2 Å². The Bertz CT molecular complexity index is 985. The fraction of sp³-hybridized carbons (Fsp3) is 0.348. The van der Waals surface area contributed by atoms with Crippen molar-refractivity contribution in [2.24, 2.45) is 0 Å². The molecular weight excluding hydrogens is 392 g/mol. The van der Waals surface area contributed by atoms with Crippen LogP contribution in [0.25, 0.3) is 5.69 Å². The highest BCUT2D eigenvalue weighted by Gasteiger charge is 2.41. The van der Waals surface area contributed by atoms with Gasteiger partial charge in [-0.25, -0.2) is 0 Å². The van der Waals surface area contributed by atoms with Crippen LogP contribution in [-0.2, 0) is 0 Å². The van der Waals surface area contributed by atoms with Gasteiger partial charge in [0.1, 0.15) is 0 Å². The van der Waals surface area contributed by atoms with Gasteiger partial charge in [0.05, 0.1) is 29.7 Å². The maximum Gasteiger partial charge on any atom is 0.170 e. The average molecular weight is 421 g/mol. The van der Waals surface area contributed by atoms with Crippen LogP contribution < -0.4 is 5.32 Å². The molecule has 7 heteroatoms. The quantitative estimate of drug-likeness (QED) is 0.591. The minimum absolute atomic E-state index is 0.0113. The zero-order valence-electron chi connectivity index (χ0n) is 17.7. The van der Waals surface area contributed by atoms with Crippen molar-refractivity contribution in [3.63, 3.8) is 0 Å². The summed E-state index contributed by atoms with van der Waals surface area (Å²) in [5, 5.41) is 4.33. The van der Waals surface area contributed by atoms with Gasteiger partial charge in [-0.2, -0.15) is 0 Å². The Hall–Kier alpha value is -2.77. The van der Waals surface area contributed by atoms with E-state index in [9.17, 15) is 0 Å². The topological polar surface area (TPSA) is 49.2 Å². The minimum Gasteiger partial charge on any atom is -0.352 e. The lowest BCUT2D eigenvalue weighted by Crippen LogP contribution is -2.33. The van der Waals surface area contributed by atoms with Crippen molar-refractivity contribution in [1.82, 2.24) is 29.7 Å². The molecule has 0 amide bonds. The molecule has 0 aromatic carbocycles. The maximum absolute atomic E-state index is 5.79. The van der Waals surface area contributed by atoms with Gasteiger partial charge in [-0.05, 0) is 82.6 Å². The van der Waals surface area contributed by atoms with E-state index in [2.05, 4.69) is 74.9 Å². The lowest BCUT2D eigenvalue weighted by molar-refractivity contribution is 0.286. The lowest BCUT2D eigenvalue weighted by Gasteiger charge is -2.29. The van der Waals surface area contributed by atoms with Gasteiger partial charge >= 0.3 is 0 Å². The summed E-state index contributed by atoms with van der Waals surface area (Å²) < 4.78 is 2.28. The number of rotatable bonds is 7. The van der Waals surface area contributed by atoms with Crippen LogP contribution in [0.5, 0.6) is 0 Å². The summed E-state index contributed by atoms with van der Waals surface area (Å²) >= 11 is 5.79. The van der Waals surface area contributed by atoms with Gasteiger partial charge in [-0.1, -0.05) is 6.07 Å². The SMILES string of the molecule is Cc1ccc([C@@H]2[C@@H](c3ccccn3)NC(=S)N2CCCN(C)C)n1-c1cccnc1. The van der Waals surface area contributed by atoms with Crippen LogP contribution in [0.1, 0.15) is 35.6 Å². The normalized spacial score (nSPS) is 18.8. The van der Waals surface area contributed by atoms with E-state index in [0.717, 1.165) is 36.0 Å². The Morgan fingerprint density at radius 2 is 1.97 bits per heavy atom. The molecular formula is C23H28N6S. The molecule has 0 aliphatic carbocycles. The summed E-state index contributed by atoms with van der Waals surface area (Å²) in [6, 6.07) is 14.5. The molecule has 0 radical (unpaired) electrons. The Balaban J connectivity index is 1.77. The number of hydrogen-bond acceptors (Lipinski definition) is 4. The molecule has 6 nitrogen and oxygen atoms in total. The van der Waals surface area contributed by atoms with Crippen LogP contribution in [0.3, 0.4) is 0 Å². The lowest BCUT2D eigenvalue weighted by atomic mass is 10.0. The van der Waals surface area contributed by atoms with Gasteiger partial charge in [0, 0.05) is 30.3 Å². The predicted octanol–water partition coefficient (Wildman–Crippen LogP) is 3.50. The third-order valence-electron chi connectivity index (χ3n) is 5.52. The molecule has 4 heterocycles. The van der Waals surface area contributed by atoms with Crippen LogP contribution in [0.4, 0.5) is 0 Å². The molecule has 1 fully saturated rings. The Kier molecular flexibility index (Phi) is 6.11. The Morgan fingerprint density at radius 3 is 2.67 bits per heavy atom. The molecule has 30 heavy (non-hydrogen) atoms. The first-order valence-electron chi connectivity index (χ1n) is 10.3. The van der Waals surface area contributed by atoms with Crippen LogP contribution >= 0.6 is 12.2 Å². The van der Waals surface area contributed by atoms with Crippen molar-refractivity contribution in [3.8, 4) is 5.69 Å². The average Bonchev–Trinajstić information content (AvgIpc) is 3.29. The fourth-order valence-electron chi connectivity index (χ4n) is 4.15. The summed E-state index contributed by atoms with van der Waals surface area (Å²) in [6.07, 6.45) is 6.59. The van der Waals surface area contributed by atoms with E-state index in [0.29, 0.717) is 0 Å². The first-order valence-corrected chi connectivity index (χ1v) is 10.7. The zero-order valence-corrected chi connectivity index (χ0v) is 18.5. The third kappa shape index (κ3) is 4.08. The number of thiocarbonyl (C=S) groups is 1. The largest absolute Gasteiger partial charge is 0.352 e. The van der Waals surface area contributed by atoms with E-state index < -0.39 is 0 Å². The maximum atomic E-state index is 5.79. The van der Waals surface area contributed by atoms with E-state index in [1.165, 1.54) is 11.4 Å². The number of nitrogens with one attached hydrogen (secondary N) is 1. The smallest absolute Gasteiger partial charge is 0.170 e. The van der Waals surface area contributed by atoms with E-state index >= 15 is 0 Å². The molecule has 1 N–H and O–H groups in total. The summed E-state index contributed by atoms with van der Waals surface area (Å²) in [4.78, 5) is 13.5. The molecule has 0 saturated carbocycles. The van der Waals surface area contributed by atoms with Crippen molar-refractivity contribution in [1.29, 1.82) is 0 Å². The predicted molar refractivity (Wildman–Crippen MR) is 124 cm³/mol. The van der Waals surface area contributed by atoms with Gasteiger partial charge in [0.15, 0.2) is 5.11 Å². The van der Waals surface area contributed by atoms with Gasteiger partial charge in [0.2, 0.25) is 0 Å². The van der Waals surface area contributed by atoms with Gasteiger partial charge in [0.25, 0.3) is 0 Å². The standard InChI is InChI=1S/C23H28N6S/c1-17-10-11-20(29(17)18-8-6-12-24-16-18)22-21(19-9-4-5-13-25-19)26-23(30)28(22)15-7-14-27(2)3/h4-6,8-13,16,21-22H,7,14-15H2,1-3H3,(H,26,30)/t21-,22-/m1/s1. The van der Waals surface area contributed by atoms with Crippen LogP contribution in [-0.4, -0.2) is 56.6 Å². The second kappa shape index (κ2) is 8.93. The van der Waals surface area contributed by atoms with Crippen LogP contribution in [0.2, 0.25) is 0 Å². The van der Waals surface area contributed by atoms with Crippen molar-refractivity contribution >= 4 is 17.3 Å². The minimum atomic E-state index is -0.0113. The molecule has 3 aromatic heterocycles. The van der Waals surface area contributed by atoms with Crippen LogP contribution in [0, 0.1) is 6.92 Å². The monoisotopic (exact) mass is 420 g/mol. The molecule has 1 saturated heterocycles. The third-order valence-corrected chi connectivity index (χ3v) is 5.87. The number of hydrogen-bond donors (Lipinski definition) is 1. The number of aryl methyl sites for hydroxylation is 1. The van der Waals surface area contributed by atoms with E-state index in [1.54, 1.807) is 6.20 Å². The molecule has 2 atom stereocenters. The van der Waals surface area contributed by atoms with Gasteiger partial charge in [-0.15, -0.1) is 0 Å². The molecule has 0 unspecified atom stereocenters. The Morgan fingerprint density at radius 1 is 1.10 bits per heavy atom. The highest BCUT2D eigenvalue weighted by molar-refractivity contribution is 7.80. The number of pyridine rings is 2. The second-order valence-corrected chi connectivity index (χ2v) is 8.31. The first-order chi connectivity index (χ1) is 14.6. The number of nitrogens with zero attached hydrogens (tertiary/aromatic N) is 5. The van der Waals surface area contributed by atoms with Crippen molar-refractivity contribution < 1.29 is 0 Å². The highest BCUT2D eigenvalue weighted by Crippen LogP contribution is 2.40. The molecule has 0 spiro atoms. The van der Waals surface area contributed by atoms with Crippen molar-refractivity contribution in [3.05, 3.63) is 78.1 Å². The first kappa shape index (κ1) is 20.5. The van der Waals surface area contributed by atoms with Crippen molar-refractivity contribution in [2.45, 2.75) is 25.4 Å².